The fourth-order valence-corrected chi connectivity index (χ4v) is 2.27. The number of rotatable bonds is 7. The molecule has 2 aromatic rings. The Kier molecular flexibility index (Phi) is 4.82. The minimum absolute atomic E-state index is 0.605. The molecule has 2 aromatic heterocycles. The molecule has 0 saturated heterocycles. The Morgan fingerprint density at radius 1 is 1.35 bits per heavy atom. The molecule has 0 aliphatic rings. The Morgan fingerprint density at radius 2 is 2.15 bits per heavy atom. The SMILES string of the molecule is CCCn1nccc1CNc1cn(CC(C)C)nc1C. The van der Waals surface area contributed by atoms with Gasteiger partial charge >= 0.3 is 0 Å². The molecule has 110 valence electrons. The number of hydrogen-bond donors (Lipinski definition) is 1. The van der Waals surface area contributed by atoms with Crippen LogP contribution in [0.5, 0.6) is 0 Å². The van der Waals surface area contributed by atoms with E-state index < -0.39 is 0 Å². The van der Waals surface area contributed by atoms with Crippen LogP contribution in [0.2, 0.25) is 0 Å². The van der Waals surface area contributed by atoms with E-state index in [0.717, 1.165) is 37.4 Å². The summed E-state index contributed by atoms with van der Waals surface area (Å²) >= 11 is 0. The number of anilines is 1. The molecule has 0 aromatic carbocycles. The van der Waals surface area contributed by atoms with Gasteiger partial charge in [0.1, 0.15) is 0 Å². The van der Waals surface area contributed by atoms with Crippen LogP contribution in [0, 0.1) is 12.8 Å². The third kappa shape index (κ3) is 3.62. The van der Waals surface area contributed by atoms with Crippen molar-refractivity contribution in [2.75, 3.05) is 5.32 Å². The summed E-state index contributed by atoms with van der Waals surface area (Å²) in [6, 6.07) is 2.07. The highest BCUT2D eigenvalue weighted by atomic mass is 15.3. The molecule has 1 N–H and O–H groups in total. The molecule has 0 atom stereocenters. The predicted octanol–water partition coefficient (Wildman–Crippen LogP) is 3.07. The van der Waals surface area contributed by atoms with Crippen molar-refractivity contribution in [3.05, 3.63) is 29.8 Å². The maximum Gasteiger partial charge on any atom is 0.0825 e. The summed E-state index contributed by atoms with van der Waals surface area (Å²) in [7, 11) is 0. The molecule has 5 heteroatoms. The van der Waals surface area contributed by atoms with Crippen molar-refractivity contribution in [2.24, 2.45) is 5.92 Å². The molecule has 5 nitrogen and oxygen atoms in total. The zero-order valence-electron chi connectivity index (χ0n) is 12.9. The van der Waals surface area contributed by atoms with Gasteiger partial charge in [0, 0.05) is 25.5 Å². The number of nitrogens with one attached hydrogen (secondary N) is 1. The van der Waals surface area contributed by atoms with E-state index in [-0.39, 0.29) is 0 Å². The van der Waals surface area contributed by atoms with E-state index in [1.807, 2.05) is 17.8 Å². The topological polar surface area (TPSA) is 47.7 Å². The van der Waals surface area contributed by atoms with Gasteiger partial charge in [-0.05, 0) is 25.3 Å². The van der Waals surface area contributed by atoms with Crippen LogP contribution < -0.4 is 5.32 Å². The van der Waals surface area contributed by atoms with Crippen LogP contribution in [0.1, 0.15) is 38.6 Å². The van der Waals surface area contributed by atoms with Crippen molar-refractivity contribution >= 4 is 5.69 Å². The Labute approximate surface area is 121 Å². The van der Waals surface area contributed by atoms with Crippen molar-refractivity contribution in [2.45, 2.75) is 53.8 Å². The zero-order chi connectivity index (χ0) is 14.5. The molecule has 0 radical (unpaired) electrons. The fraction of sp³-hybridized carbons (Fsp3) is 0.600. The van der Waals surface area contributed by atoms with Crippen molar-refractivity contribution in [3.8, 4) is 0 Å². The normalized spacial score (nSPS) is 11.2. The molecule has 0 saturated carbocycles. The lowest BCUT2D eigenvalue weighted by Crippen LogP contribution is -2.09. The van der Waals surface area contributed by atoms with Crippen LogP contribution in [-0.4, -0.2) is 19.6 Å². The van der Waals surface area contributed by atoms with E-state index in [4.69, 9.17) is 0 Å². The van der Waals surface area contributed by atoms with Crippen molar-refractivity contribution in [3.63, 3.8) is 0 Å². The summed E-state index contributed by atoms with van der Waals surface area (Å²) in [5, 5.41) is 12.3. The molecule has 0 spiro atoms. The Morgan fingerprint density at radius 3 is 2.85 bits per heavy atom. The second-order valence-electron chi connectivity index (χ2n) is 5.64. The maximum atomic E-state index is 4.54. The van der Waals surface area contributed by atoms with E-state index in [0.29, 0.717) is 5.92 Å². The Hall–Kier alpha value is -1.78. The Balaban J connectivity index is 1.99. The fourth-order valence-electron chi connectivity index (χ4n) is 2.27. The molecular weight excluding hydrogens is 250 g/mol. The van der Waals surface area contributed by atoms with Gasteiger partial charge in [0.25, 0.3) is 0 Å². The number of nitrogens with zero attached hydrogens (tertiary/aromatic N) is 4. The van der Waals surface area contributed by atoms with Gasteiger partial charge in [-0.2, -0.15) is 10.2 Å². The lowest BCUT2D eigenvalue weighted by molar-refractivity contribution is 0.481. The second-order valence-corrected chi connectivity index (χ2v) is 5.64. The first kappa shape index (κ1) is 14.6. The average molecular weight is 275 g/mol. The largest absolute Gasteiger partial charge is 0.377 e. The zero-order valence-corrected chi connectivity index (χ0v) is 12.9. The van der Waals surface area contributed by atoms with Crippen molar-refractivity contribution in [1.29, 1.82) is 0 Å². The summed E-state index contributed by atoms with van der Waals surface area (Å²) < 4.78 is 4.08. The summed E-state index contributed by atoms with van der Waals surface area (Å²) in [6.45, 7) is 11.3. The van der Waals surface area contributed by atoms with Gasteiger partial charge in [-0.25, -0.2) is 0 Å². The van der Waals surface area contributed by atoms with Crippen LogP contribution >= 0.6 is 0 Å². The van der Waals surface area contributed by atoms with E-state index in [1.165, 1.54) is 5.69 Å². The summed E-state index contributed by atoms with van der Waals surface area (Å²) in [6.07, 6.45) is 5.05. The predicted molar refractivity (Wildman–Crippen MR) is 81.6 cm³/mol. The molecule has 20 heavy (non-hydrogen) atoms. The second kappa shape index (κ2) is 6.59. The third-order valence-electron chi connectivity index (χ3n) is 3.20. The molecule has 0 aliphatic heterocycles. The lowest BCUT2D eigenvalue weighted by Gasteiger charge is -2.08. The van der Waals surface area contributed by atoms with Crippen molar-refractivity contribution in [1.82, 2.24) is 19.6 Å². The molecule has 2 heterocycles. The number of hydrogen-bond acceptors (Lipinski definition) is 3. The van der Waals surface area contributed by atoms with Gasteiger partial charge in [0.15, 0.2) is 0 Å². The summed E-state index contributed by atoms with van der Waals surface area (Å²) in [4.78, 5) is 0. The van der Waals surface area contributed by atoms with E-state index in [9.17, 15) is 0 Å². The van der Waals surface area contributed by atoms with E-state index in [1.54, 1.807) is 0 Å². The third-order valence-corrected chi connectivity index (χ3v) is 3.20. The molecule has 0 fully saturated rings. The first-order valence-electron chi connectivity index (χ1n) is 7.38. The minimum Gasteiger partial charge on any atom is -0.377 e. The highest BCUT2D eigenvalue weighted by molar-refractivity contribution is 5.45. The van der Waals surface area contributed by atoms with Crippen LogP contribution in [0.25, 0.3) is 0 Å². The Bertz CT molecular complexity index is 538. The highest BCUT2D eigenvalue weighted by Crippen LogP contribution is 2.15. The van der Waals surface area contributed by atoms with Gasteiger partial charge in [0.05, 0.1) is 23.6 Å². The van der Waals surface area contributed by atoms with E-state index in [2.05, 4.69) is 53.2 Å². The van der Waals surface area contributed by atoms with Gasteiger partial charge in [-0.1, -0.05) is 20.8 Å². The first-order valence-corrected chi connectivity index (χ1v) is 7.38. The van der Waals surface area contributed by atoms with Gasteiger partial charge in [-0.15, -0.1) is 0 Å². The average Bonchev–Trinajstić information content (AvgIpc) is 2.94. The molecule has 2 rings (SSSR count). The number of aromatic nitrogens is 4. The van der Waals surface area contributed by atoms with Crippen molar-refractivity contribution < 1.29 is 0 Å². The monoisotopic (exact) mass is 275 g/mol. The molecular formula is C15H25N5. The summed E-state index contributed by atoms with van der Waals surface area (Å²) in [5.41, 5.74) is 3.37. The quantitative estimate of drug-likeness (QED) is 0.844. The van der Waals surface area contributed by atoms with Crippen LogP contribution in [0.3, 0.4) is 0 Å². The lowest BCUT2D eigenvalue weighted by atomic mass is 10.2. The number of aryl methyl sites for hydroxylation is 2. The van der Waals surface area contributed by atoms with Gasteiger partial charge in [0.2, 0.25) is 0 Å². The summed E-state index contributed by atoms with van der Waals surface area (Å²) in [5.74, 6) is 0.605. The molecule has 0 aliphatic carbocycles. The van der Waals surface area contributed by atoms with Crippen LogP contribution in [-0.2, 0) is 19.6 Å². The molecule has 0 unspecified atom stereocenters. The van der Waals surface area contributed by atoms with Crippen LogP contribution in [0.4, 0.5) is 5.69 Å². The van der Waals surface area contributed by atoms with Crippen LogP contribution in [0.15, 0.2) is 18.5 Å². The van der Waals surface area contributed by atoms with E-state index >= 15 is 0 Å². The molecule has 0 amide bonds. The highest BCUT2D eigenvalue weighted by Gasteiger charge is 2.07. The molecule has 0 bridgehead atoms. The smallest absolute Gasteiger partial charge is 0.0825 e. The van der Waals surface area contributed by atoms with Gasteiger partial charge < -0.3 is 5.32 Å². The minimum atomic E-state index is 0.605. The van der Waals surface area contributed by atoms with Gasteiger partial charge in [-0.3, -0.25) is 9.36 Å². The maximum absolute atomic E-state index is 4.54. The standard InChI is InChI=1S/C15H25N5/c1-5-8-20-14(6-7-17-20)9-16-15-11-19(10-12(2)3)18-13(15)4/h6-7,11-12,16H,5,8-10H2,1-4H3. The first-order chi connectivity index (χ1) is 9.60.